The molecule has 4 heteroatoms. The molecule has 1 rings (SSSR count). The maximum atomic E-state index is 5.14. The summed E-state index contributed by atoms with van der Waals surface area (Å²) in [5.74, 6) is 0.915. The highest BCUT2D eigenvalue weighted by atomic mass is 16.5. The molecule has 0 spiro atoms. The van der Waals surface area contributed by atoms with E-state index < -0.39 is 0 Å². The van der Waals surface area contributed by atoms with Gasteiger partial charge in [0.05, 0.1) is 12.2 Å². The predicted octanol–water partition coefficient (Wildman–Crippen LogP) is 0.846. The van der Waals surface area contributed by atoms with Crippen LogP contribution in [0.1, 0.15) is 18.4 Å². The Bertz CT molecular complexity index is 245. The van der Waals surface area contributed by atoms with Crippen molar-refractivity contribution in [2.24, 2.45) is 0 Å². The minimum Gasteiger partial charge on any atom is -0.360 e. The Labute approximate surface area is 78.9 Å². The zero-order valence-electron chi connectivity index (χ0n) is 8.50. The molecule has 1 heterocycles. The largest absolute Gasteiger partial charge is 0.360 e. The topological polar surface area (TPSA) is 41.3 Å². The van der Waals surface area contributed by atoms with Crippen LogP contribution in [-0.2, 0) is 13.1 Å². The lowest BCUT2D eigenvalue weighted by molar-refractivity contribution is 0.307. The summed E-state index contributed by atoms with van der Waals surface area (Å²) in [6.45, 7) is 4.61. The summed E-state index contributed by atoms with van der Waals surface area (Å²) in [4.78, 5) is 2.05. The normalized spacial score (nSPS) is 11.1. The first-order valence-electron chi connectivity index (χ1n) is 4.52. The standard InChI is InChI=1S/C9H17N3O/c1-4-10-6-8-5-9(13-11-8)7-12(2)3/h5,10H,4,6-7H2,1-3H3. The lowest BCUT2D eigenvalue weighted by Gasteiger charge is -2.03. The molecule has 1 aromatic heterocycles. The zero-order chi connectivity index (χ0) is 9.68. The van der Waals surface area contributed by atoms with Gasteiger partial charge in [-0.3, -0.25) is 0 Å². The van der Waals surface area contributed by atoms with Gasteiger partial charge in [0.15, 0.2) is 5.76 Å². The molecular weight excluding hydrogens is 166 g/mol. The minimum atomic E-state index is 0.785. The lowest BCUT2D eigenvalue weighted by Crippen LogP contribution is -2.12. The molecule has 0 saturated heterocycles. The van der Waals surface area contributed by atoms with Gasteiger partial charge in [-0.05, 0) is 20.6 Å². The Kier molecular flexibility index (Phi) is 3.92. The average molecular weight is 183 g/mol. The summed E-state index contributed by atoms with van der Waals surface area (Å²) >= 11 is 0. The van der Waals surface area contributed by atoms with E-state index in [-0.39, 0.29) is 0 Å². The Morgan fingerprint density at radius 1 is 1.54 bits per heavy atom. The molecule has 0 aliphatic carbocycles. The quantitative estimate of drug-likeness (QED) is 0.734. The van der Waals surface area contributed by atoms with E-state index in [2.05, 4.69) is 22.3 Å². The highest BCUT2D eigenvalue weighted by Gasteiger charge is 2.03. The maximum Gasteiger partial charge on any atom is 0.150 e. The second kappa shape index (κ2) is 4.99. The first-order chi connectivity index (χ1) is 6.22. The molecule has 1 aromatic rings. The third-order valence-electron chi connectivity index (χ3n) is 1.64. The number of nitrogens with zero attached hydrogens (tertiary/aromatic N) is 2. The van der Waals surface area contributed by atoms with E-state index in [9.17, 15) is 0 Å². The summed E-state index contributed by atoms with van der Waals surface area (Å²) in [6.07, 6.45) is 0. The molecule has 0 saturated carbocycles. The van der Waals surface area contributed by atoms with E-state index in [1.54, 1.807) is 0 Å². The molecule has 0 bridgehead atoms. The fourth-order valence-corrected chi connectivity index (χ4v) is 1.08. The van der Waals surface area contributed by atoms with Gasteiger partial charge in [-0.2, -0.15) is 0 Å². The van der Waals surface area contributed by atoms with Gasteiger partial charge in [0.1, 0.15) is 0 Å². The third kappa shape index (κ3) is 3.57. The first-order valence-corrected chi connectivity index (χ1v) is 4.52. The monoisotopic (exact) mass is 183 g/mol. The van der Waals surface area contributed by atoms with Crippen molar-refractivity contribution in [2.75, 3.05) is 20.6 Å². The van der Waals surface area contributed by atoms with Gasteiger partial charge in [0.2, 0.25) is 0 Å². The van der Waals surface area contributed by atoms with Crippen LogP contribution in [-0.4, -0.2) is 30.7 Å². The third-order valence-corrected chi connectivity index (χ3v) is 1.64. The molecule has 4 nitrogen and oxygen atoms in total. The van der Waals surface area contributed by atoms with E-state index in [0.717, 1.165) is 31.1 Å². The fourth-order valence-electron chi connectivity index (χ4n) is 1.08. The van der Waals surface area contributed by atoms with Crippen LogP contribution in [0.5, 0.6) is 0 Å². The maximum absolute atomic E-state index is 5.14. The van der Waals surface area contributed by atoms with Gasteiger partial charge in [-0.15, -0.1) is 0 Å². The summed E-state index contributed by atoms with van der Waals surface area (Å²) < 4.78 is 5.14. The van der Waals surface area contributed by atoms with Crippen LogP contribution in [0.25, 0.3) is 0 Å². The highest BCUT2D eigenvalue weighted by Crippen LogP contribution is 2.04. The van der Waals surface area contributed by atoms with Crippen molar-refractivity contribution >= 4 is 0 Å². The van der Waals surface area contributed by atoms with Gasteiger partial charge in [-0.1, -0.05) is 12.1 Å². The van der Waals surface area contributed by atoms with E-state index in [4.69, 9.17) is 4.52 Å². The zero-order valence-corrected chi connectivity index (χ0v) is 8.50. The molecule has 74 valence electrons. The molecule has 0 aliphatic heterocycles. The van der Waals surface area contributed by atoms with Crippen molar-refractivity contribution in [3.8, 4) is 0 Å². The molecule has 0 unspecified atom stereocenters. The molecular formula is C9H17N3O. The van der Waals surface area contributed by atoms with Gasteiger partial charge >= 0.3 is 0 Å². The number of aromatic nitrogens is 1. The van der Waals surface area contributed by atoms with Crippen molar-refractivity contribution in [3.05, 3.63) is 17.5 Å². The molecule has 0 aromatic carbocycles. The van der Waals surface area contributed by atoms with Crippen molar-refractivity contribution in [3.63, 3.8) is 0 Å². The van der Waals surface area contributed by atoms with Crippen LogP contribution < -0.4 is 5.32 Å². The Hall–Kier alpha value is -0.870. The lowest BCUT2D eigenvalue weighted by atomic mass is 10.3. The number of nitrogens with one attached hydrogen (secondary N) is 1. The SMILES string of the molecule is CCNCc1cc(CN(C)C)on1. The Morgan fingerprint density at radius 3 is 2.92 bits per heavy atom. The van der Waals surface area contributed by atoms with Gasteiger partial charge in [-0.25, -0.2) is 0 Å². The van der Waals surface area contributed by atoms with Crippen molar-refractivity contribution in [1.29, 1.82) is 0 Å². The molecule has 0 amide bonds. The van der Waals surface area contributed by atoms with Crippen LogP contribution in [0.15, 0.2) is 10.6 Å². The molecule has 13 heavy (non-hydrogen) atoms. The van der Waals surface area contributed by atoms with Crippen molar-refractivity contribution < 1.29 is 4.52 Å². The highest BCUT2D eigenvalue weighted by molar-refractivity contribution is 5.04. The summed E-state index contributed by atoms with van der Waals surface area (Å²) in [6, 6.07) is 1.99. The van der Waals surface area contributed by atoms with Crippen molar-refractivity contribution in [2.45, 2.75) is 20.0 Å². The minimum absolute atomic E-state index is 0.785. The summed E-state index contributed by atoms with van der Waals surface area (Å²) in [5.41, 5.74) is 0.971. The second-order valence-electron chi connectivity index (χ2n) is 3.30. The van der Waals surface area contributed by atoms with Crippen LogP contribution in [0, 0.1) is 0 Å². The van der Waals surface area contributed by atoms with E-state index in [1.165, 1.54) is 0 Å². The molecule has 0 aliphatic rings. The summed E-state index contributed by atoms with van der Waals surface area (Å²) in [5, 5.41) is 7.14. The van der Waals surface area contributed by atoms with Crippen LogP contribution in [0.3, 0.4) is 0 Å². The Balaban J connectivity index is 2.44. The first kappa shape index (κ1) is 10.2. The van der Waals surface area contributed by atoms with Gasteiger partial charge < -0.3 is 14.7 Å². The molecule has 1 N–H and O–H groups in total. The summed E-state index contributed by atoms with van der Waals surface area (Å²) in [7, 11) is 4.01. The molecule has 0 atom stereocenters. The van der Waals surface area contributed by atoms with E-state index in [0.29, 0.717) is 0 Å². The predicted molar refractivity (Wildman–Crippen MR) is 51.3 cm³/mol. The average Bonchev–Trinajstić information content (AvgIpc) is 2.48. The fraction of sp³-hybridized carbons (Fsp3) is 0.667. The van der Waals surface area contributed by atoms with E-state index >= 15 is 0 Å². The molecule has 0 fully saturated rings. The van der Waals surface area contributed by atoms with Gasteiger partial charge in [0.25, 0.3) is 0 Å². The van der Waals surface area contributed by atoms with Crippen LogP contribution in [0.2, 0.25) is 0 Å². The van der Waals surface area contributed by atoms with Crippen LogP contribution >= 0.6 is 0 Å². The van der Waals surface area contributed by atoms with E-state index in [1.807, 2.05) is 20.2 Å². The van der Waals surface area contributed by atoms with Crippen LogP contribution in [0.4, 0.5) is 0 Å². The molecule has 0 radical (unpaired) electrons. The van der Waals surface area contributed by atoms with Gasteiger partial charge in [0, 0.05) is 12.6 Å². The number of rotatable bonds is 5. The number of hydrogen-bond donors (Lipinski definition) is 1. The smallest absolute Gasteiger partial charge is 0.150 e. The number of hydrogen-bond acceptors (Lipinski definition) is 4. The van der Waals surface area contributed by atoms with Crippen molar-refractivity contribution in [1.82, 2.24) is 15.4 Å². The Morgan fingerprint density at radius 2 is 2.31 bits per heavy atom. The second-order valence-corrected chi connectivity index (χ2v) is 3.30.